The van der Waals surface area contributed by atoms with Gasteiger partial charge in [0.05, 0.1) is 0 Å². The van der Waals surface area contributed by atoms with Crippen LogP contribution in [0.15, 0.2) is 24.3 Å². The Balaban J connectivity index is 2.24. The molecule has 0 saturated carbocycles. The minimum Gasteiger partial charge on any atom is -0.382 e. The summed E-state index contributed by atoms with van der Waals surface area (Å²) in [6, 6.07) is 6.61. The van der Waals surface area contributed by atoms with Gasteiger partial charge in [-0.1, -0.05) is 30.2 Å². The minimum absolute atomic E-state index is 0.193. The summed E-state index contributed by atoms with van der Waals surface area (Å²) >= 11 is 5.79. The maximum atomic E-state index is 12.2. The third-order valence-corrected chi connectivity index (χ3v) is 3.07. The van der Waals surface area contributed by atoms with Crippen LogP contribution in [-0.4, -0.2) is 20.8 Å². The molecule has 19 heavy (non-hydrogen) atoms. The van der Waals surface area contributed by atoms with Gasteiger partial charge in [-0.2, -0.15) is 0 Å². The quantitative estimate of drug-likeness (QED) is 0.853. The van der Waals surface area contributed by atoms with Crippen LogP contribution in [0.3, 0.4) is 0 Å². The molecule has 2 N–H and O–H groups in total. The lowest BCUT2D eigenvalue weighted by Crippen LogP contribution is -2.08. The van der Waals surface area contributed by atoms with Crippen molar-refractivity contribution in [3.63, 3.8) is 0 Å². The number of nitrogen functional groups attached to an aromatic ring is 1. The standard InChI is InChI=1S/C13H15ClN4O/c1-2-3-8-18-13(15)11(16-17-18)12(19)9-4-6-10(14)7-5-9/h4-7H,2-3,8,15H2,1H3. The van der Waals surface area contributed by atoms with Gasteiger partial charge in [-0.3, -0.25) is 4.79 Å². The highest BCUT2D eigenvalue weighted by atomic mass is 35.5. The first-order valence-electron chi connectivity index (χ1n) is 6.12. The maximum absolute atomic E-state index is 12.2. The Labute approximate surface area is 116 Å². The van der Waals surface area contributed by atoms with E-state index in [2.05, 4.69) is 17.2 Å². The van der Waals surface area contributed by atoms with E-state index in [4.69, 9.17) is 17.3 Å². The molecule has 0 aliphatic carbocycles. The molecule has 1 aromatic carbocycles. The number of aromatic nitrogens is 3. The summed E-state index contributed by atoms with van der Waals surface area (Å²) in [6.45, 7) is 2.75. The Morgan fingerprint density at radius 2 is 2.05 bits per heavy atom. The van der Waals surface area contributed by atoms with Crippen molar-refractivity contribution in [2.75, 3.05) is 5.73 Å². The van der Waals surface area contributed by atoms with Gasteiger partial charge < -0.3 is 5.73 Å². The lowest BCUT2D eigenvalue weighted by Gasteiger charge is -2.02. The molecule has 1 aromatic heterocycles. The zero-order valence-corrected chi connectivity index (χ0v) is 11.4. The van der Waals surface area contributed by atoms with E-state index in [0.717, 1.165) is 12.8 Å². The molecule has 0 radical (unpaired) electrons. The molecule has 0 aliphatic heterocycles. The number of halogens is 1. The maximum Gasteiger partial charge on any atom is 0.217 e. The summed E-state index contributed by atoms with van der Waals surface area (Å²) in [4.78, 5) is 12.2. The van der Waals surface area contributed by atoms with Crippen LogP contribution in [0, 0.1) is 0 Å². The van der Waals surface area contributed by atoms with Crippen molar-refractivity contribution in [3.05, 3.63) is 40.5 Å². The second kappa shape index (κ2) is 5.84. The molecule has 0 bridgehead atoms. The highest BCUT2D eigenvalue weighted by Crippen LogP contribution is 2.16. The molecular weight excluding hydrogens is 264 g/mol. The summed E-state index contributed by atoms with van der Waals surface area (Å²) in [7, 11) is 0. The number of ketones is 1. The van der Waals surface area contributed by atoms with Crippen LogP contribution in [0.25, 0.3) is 0 Å². The number of carbonyl (C=O) groups excluding carboxylic acids is 1. The molecule has 2 rings (SSSR count). The summed E-state index contributed by atoms with van der Waals surface area (Å²) in [5.74, 6) is 0.0744. The topological polar surface area (TPSA) is 73.8 Å². The van der Waals surface area contributed by atoms with Crippen LogP contribution in [-0.2, 0) is 6.54 Å². The van der Waals surface area contributed by atoms with E-state index in [1.807, 2.05) is 0 Å². The Morgan fingerprint density at radius 3 is 2.68 bits per heavy atom. The van der Waals surface area contributed by atoms with Crippen molar-refractivity contribution in [2.24, 2.45) is 0 Å². The molecule has 2 aromatic rings. The van der Waals surface area contributed by atoms with E-state index in [9.17, 15) is 4.79 Å². The number of nitrogens with two attached hydrogens (primary N) is 1. The van der Waals surface area contributed by atoms with Gasteiger partial charge in [-0.05, 0) is 30.7 Å². The summed E-state index contributed by atoms with van der Waals surface area (Å²) in [5.41, 5.74) is 6.60. The van der Waals surface area contributed by atoms with Crippen molar-refractivity contribution < 1.29 is 4.79 Å². The van der Waals surface area contributed by atoms with Crippen LogP contribution >= 0.6 is 11.6 Å². The number of hydrogen-bond donors (Lipinski definition) is 1. The number of carbonyl (C=O) groups is 1. The molecule has 6 heteroatoms. The van der Waals surface area contributed by atoms with Gasteiger partial charge in [0.15, 0.2) is 11.5 Å². The number of hydrogen-bond acceptors (Lipinski definition) is 4. The van der Waals surface area contributed by atoms with E-state index in [0.29, 0.717) is 22.9 Å². The lowest BCUT2D eigenvalue weighted by atomic mass is 10.1. The largest absolute Gasteiger partial charge is 0.382 e. The summed E-state index contributed by atoms with van der Waals surface area (Å²) in [6.07, 6.45) is 1.97. The average Bonchev–Trinajstić information content (AvgIpc) is 2.78. The van der Waals surface area contributed by atoms with Crippen LogP contribution in [0.5, 0.6) is 0 Å². The average molecular weight is 279 g/mol. The van der Waals surface area contributed by atoms with E-state index in [-0.39, 0.29) is 11.5 Å². The minimum atomic E-state index is -0.239. The molecule has 0 aliphatic rings. The zero-order chi connectivity index (χ0) is 13.8. The van der Waals surface area contributed by atoms with E-state index in [1.54, 1.807) is 28.9 Å². The SMILES string of the molecule is CCCCn1nnc(C(=O)c2ccc(Cl)cc2)c1N. The molecule has 0 atom stereocenters. The van der Waals surface area contributed by atoms with Crippen LogP contribution in [0.2, 0.25) is 5.02 Å². The number of nitrogens with zero attached hydrogens (tertiary/aromatic N) is 3. The van der Waals surface area contributed by atoms with Gasteiger partial charge in [-0.25, -0.2) is 4.68 Å². The van der Waals surface area contributed by atoms with Gasteiger partial charge in [-0.15, -0.1) is 5.10 Å². The second-order valence-electron chi connectivity index (χ2n) is 4.24. The Bertz CT molecular complexity index is 577. The molecule has 0 fully saturated rings. The van der Waals surface area contributed by atoms with Crippen molar-refractivity contribution in [1.29, 1.82) is 0 Å². The smallest absolute Gasteiger partial charge is 0.217 e. The van der Waals surface area contributed by atoms with Gasteiger partial charge in [0.2, 0.25) is 5.78 Å². The van der Waals surface area contributed by atoms with Gasteiger partial charge in [0.1, 0.15) is 0 Å². The van der Waals surface area contributed by atoms with Gasteiger partial charge in [0, 0.05) is 17.1 Å². The highest BCUT2D eigenvalue weighted by molar-refractivity contribution is 6.30. The van der Waals surface area contributed by atoms with Crippen LogP contribution in [0.1, 0.15) is 35.8 Å². The van der Waals surface area contributed by atoms with E-state index >= 15 is 0 Å². The molecule has 0 unspecified atom stereocenters. The molecule has 0 amide bonds. The van der Waals surface area contributed by atoms with Crippen LogP contribution in [0.4, 0.5) is 5.82 Å². The first-order chi connectivity index (χ1) is 9.13. The molecule has 5 nitrogen and oxygen atoms in total. The number of unbranched alkanes of at least 4 members (excludes halogenated alkanes) is 1. The number of benzene rings is 1. The predicted molar refractivity (Wildman–Crippen MR) is 74.2 cm³/mol. The lowest BCUT2D eigenvalue weighted by molar-refractivity contribution is 0.103. The molecule has 100 valence electrons. The third-order valence-electron chi connectivity index (χ3n) is 2.82. The Morgan fingerprint density at radius 1 is 1.37 bits per heavy atom. The fourth-order valence-corrected chi connectivity index (χ4v) is 1.82. The van der Waals surface area contributed by atoms with Crippen molar-refractivity contribution >= 4 is 23.2 Å². The van der Waals surface area contributed by atoms with Crippen molar-refractivity contribution in [3.8, 4) is 0 Å². The predicted octanol–water partition coefficient (Wildman–Crippen LogP) is 2.54. The fraction of sp³-hybridized carbons (Fsp3) is 0.308. The second-order valence-corrected chi connectivity index (χ2v) is 4.67. The molecule has 0 saturated heterocycles. The first kappa shape index (κ1) is 13.5. The summed E-state index contributed by atoms with van der Waals surface area (Å²) < 4.78 is 1.56. The Kier molecular flexibility index (Phi) is 4.16. The fourth-order valence-electron chi connectivity index (χ4n) is 1.69. The monoisotopic (exact) mass is 278 g/mol. The molecule has 0 spiro atoms. The van der Waals surface area contributed by atoms with Crippen molar-refractivity contribution in [2.45, 2.75) is 26.3 Å². The number of rotatable bonds is 5. The number of anilines is 1. The first-order valence-corrected chi connectivity index (χ1v) is 6.50. The molecule has 1 heterocycles. The van der Waals surface area contributed by atoms with Gasteiger partial charge in [0.25, 0.3) is 0 Å². The zero-order valence-electron chi connectivity index (χ0n) is 10.6. The normalized spacial score (nSPS) is 10.6. The third kappa shape index (κ3) is 2.93. The van der Waals surface area contributed by atoms with E-state index in [1.165, 1.54) is 0 Å². The van der Waals surface area contributed by atoms with Crippen LogP contribution < -0.4 is 5.73 Å². The highest BCUT2D eigenvalue weighted by Gasteiger charge is 2.18. The molecular formula is C13H15ClN4O. The van der Waals surface area contributed by atoms with Crippen molar-refractivity contribution in [1.82, 2.24) is 15.0 Å². The van der Waals surface area contributed by atoms with Gasteiger partial charge >= 0.3 is 0 Å². The summed E-state index contributed by atoms with van der Waals surface area (Å²) in [5, 5.41) is 8.36. The Hall–Kier alpha value is -1.88. The number of aryl methyl sites for hydroxylation is 1. The van der Waals surface area contributed by atoms with E-state index < -0.39 is 0 Å².